The van der Waals surface area contributed by atoms with Gasteiger partial charge in [0.05, 0.1) is 5.25 Å². The standard InChI is InChI=1S/C16H29NO2S/c1-3-17-16(15-13-8-5-9-14(13)15)11-6-4-7-12(10-11)20(2,18)19/h11-17H,3-10H2,1-2H3. The Kier molecular flexibility index (Phi) is 4.15. The van der Waals surface area contributed by atoms with E-state index in [1.165, 1.54) is 31.9 Å². The molecule has 0 saturated heterocycles. The van der Waals surface area contributed by atoms with Crippen molar-refractivity contribution in [2.75, 3.05) is 12.8 Å². The molecule has 0 radical (unpaired) electrons. The molecule has 0 heterocycles. The third kappa shape index (κ3) is 2.78. The molecule has 1 N–H and O–H groups in total. The summed E-state index contributed by atoms with van der Waals surface area (Å²) in [4.78, 5) is 0. The smallest absolute Gasteiger partial charge is 0.150 e. The van der Waals surface area contributed by atoms with Crippen molar-refractivity contribution in [1.29, 1.82) is 0 Å². The zero-order valence-electron chi connectivity index (χ0n) is 12.8. The largest absolute Gasteiger partial charge is 0.314 e. The normalized spacial score (nSPS) is 42.2. The van der Waals surface area contributed by atoms with Crippen LogP contribution in [0.15, 0.2) is 0 Å². The van der Waals surface area contributed by atoms with E-state index in [0.29, 0.717) is 12.0 Å². The summed E-state index contributed by atoms with van der Waals surface area (Å²) in [5.74, 6) is 3.35. The van der Waals surface area contributed by atoms with Crippen LogP contribution in [0.25, 0.3) is 0 Å². The van der Waals surface area contributed by atoms with Crippen LogP contribution in [0, 0.1) is 23.7 Å². The summed E-state index contributed by atoms with van der Waals surface area (Å²) in [6, 6.07) is 0.583. The number of nitrogens with one attached hydrogen (secondary N) is 1. The average Bonchev–Trinajstić information content (AvgIpc) is 2.87. The summed E-state index contributed by atoms with van der Waals surface area (Å²) in [6.07, 6.45) is 9.76. The van der Waals surface area contributed by atoms with Crippen molar-refractivity contribution in [2.45, 2.75) is 63.2 Å². The average molecular weight is 299 g/mol. The predicted molar refractivity (Wildman–Crippen MR) is 82.4 cm³/mol. The van der Waals surface area contributed by atoms with E-state index < -0.39 is 9.84 Å². The Morgan fingerprint density at radius 3 is 2.35 bits per heavy atom. The highest BCUT2D eigenvalue weighted by Crippen LogP contribution is 2.60. The summed E-state index contributed by atoms with van der Waals surface area (Å²) >= 11 is 0. The van der Waals surface area contributed by atoms with Crippen LogP contribution < -0.4 is 5.32 Å². The first-order chi connectivity index (χ1) is 9.52. The highest BCUT2D eigenvalue weighted by Gasteiger charge is 2.57. The van der Waals surface area contributed by atoms with Crippen LogP contribution in [-0.2, 0) is 9.84 Å². The van der Waals surface area contributed by atoms with Crippen LogP contribution in [0.1, 0.15) is 51.9 Å². The molecule has 4 heteroatoms. The van der Waals surface area contributed by atoms with Gasteiger partial charge in [0.25, 0.3) is 0 Å². The van der Waals surface area contributed by atoms with Crippen LogP contribution in [0.4, 0.5) is 0 Å². The first-order valence-corrected chi connectivity index (χ1v) is 10.4. The third-order valence-electron chi connectivity index (χ3n) is 6.11. The molecule has 3 aliphatic carbocycles. The van der Waals surface area contributed by atoms with E-state index in [2.05, 4.69) is 12.2 Å². The van der Waals surface area contributed by atoms with Gasteiger partial charge in [0, 0.05) is 12.3 Å². The monoisotopic (exact) mass is 299 g/mol. The number of sulfone groups is 1. The van der Waals surface area contributed by atoms with Crippen molar-refractivity contribution in [3.63, 3.8) is 0 Å². The maximum absolute atomic E-state index is 11.9. The molecule has 0 spiro atoms. The minimum atomic E-state index is -2.86. The van der Waals surface area contributed by atoms with Crippen molar-refractivity contribution in [3.05, 3.63) is 0 Å². The summed E-state index contributed by atoms with van der Waals surface area (Å²) < 4.78 is 23.7. The Balaban J connectivity index is 1.68. The Hall–Kier alpha value is -0.0900. The lowest BCUT2D eigenvalue weighted by Crippen LogP contribution is -2.43. The summed E-state index contributed by atoms with van der Waals surface area (Å²) in [6.45, 7) is 3.20. The Morgan fingerprint density at radius 1 is 1.10 bits per heavy atom. The number of hydrogen-bond donors (Lipinski definition) is 1. The quantitative estimate of drug-likeness (QED) is 0.849. The molecule has 3 rings (SSSR count). The topological polar surface area (TPSA) is 46.2 Å². The lowest BCUT2D eigenvalue weighted by Gasteiger charge is -2.35. The molecule has 0 aromatic carbocycles. The van der Waals surface area contributed by atoms with Gasteiger partial charge in [-0.15, -0.1) is 0 Å². The Morgan fingerprint density at radius 2 is 1.75 bits per heavy atom. The molecule has 0 aliphatic heterocycles. The molecule has 0 aromatic heterocycles. The van der Waals surface area contributed by atoms with Crippen molar-refractivity contribution in [2.24, 2.45) is 23.7 Å². The number of fused-ring (bicyclic) bond motifs is 1. The zero-order valence-corrected chi connectivity index (χ0v) is 13.7. The minimum absolute atomic E-state index is 0.0824. The fourth-order valence-corrected chi connectivity index (χ4v) is 6.35. The summed E-state index contributed by atoms with van der Waals surface area (Å²) in [7, 11) is -2.86. The molecular formula is C16H29NO2S. The molecule has 0 amide bonds. The lowest BCUT2D eigenvalue weighted by molar-refractivity contribution is 0.235. The number of rotatable bonds is 5. The maximum Gasteiger partial charge on any atom is 0.150 e. The van der Waals surface area contributed by atoms with Crippen molar-refractivity contribution in [1.82, 2.24) is 5.32 Å². The van der Waals surface area contributed by atoms with E-state index in [9.17, 15) is 8.42 Å². The van der Waals surface area contributed by atoms with E-state index in [1.807, 2.05) is 0 Å². The van der Waals surface area contributed by atoms with Gasteiger partial charge in [-0.2, -0.15) is 0 Å². The maximum atomic E-state index is 11.9. The molecule has 3 aliphatic rings. The van der Waals surface area contributed by atoms with Crippen molar-refractivity contribution in [3.8, 4) is 0 Å². The van der Waals surface area contributed by atoms with Gasteiger partial charge in [0.1, 0.15) is 9.84 Å². The van der Waals surface area contributed by atoms with Crippen LogP contribution in [0.2, 0.25) is 0 Å². The highest BCUT2D eigenvalue weighted by atomic mass is 32.2. The van der Waals surface area contributed by atoms with Gasteiger partial charge in [-0.1, -0.05) is 19.8 Å². The van der Waals surface area contributed by atoms with Gasteiger partial charge in [-0.05, 0) is 62.3 Å². The molecule has 3 saturated carbocycles. The van der Waals surface area contributed by atoms with E-state index in [1.54, 1.807) is 0 Å². The number of hydrogen-bond acceptors (Lipinski definition) is 3. The van der Waals surface area contributed by atoms with E-state index in [4.69, 9.17) is 0 Å². The first-order valence-electron chi connectivity index (χ1n) is 8.44. The molecule has 5 atom stereocenters. The highest BCUT2D eigenvalue weighted by molar-refractivity contribution is 7.91. The first kappa shape index (κ1) is 14.8. The SMILES string of the molecule is CCNC(C1CCCC(S(C)(=O)=O)C1)C1C2CCCC21. The third-order valence-corrected chi connectivity index (χ3v) is 7.75. The van der Waals surface area contributed by atoms with Crippen LogP contribution in [0.3, 0.4) is 0 Å². The summed E-state index contributed by atoms with van der Waals surface area (Å²) in [5, 5.41) is 3.64. The van der Waals surface area contributed by atoms with Gasteiger partial charge in [-0.3, -0.25) is 0 Å². The Labute approximate surface area is 123 Å². The van der Waals surface area contributed by atoms with Crippen LogP contribution in [0.5, 0.6) is 0 Å². The molecule has 0 aromatic rings. The molecule has 5 unspecified atom stereocenters. The van der Waals surface area contributed by atoms with Crippen LogP contribution >= 0.6 is 0 Å². The molecule has 3 fully saturated rings. The van der Waals surface area contributed by atoms with E-state index >= 15 is 0 Å². The second-order valence-electron chi connectivity index (χ2n) is 7.30. The van der Waals surface area contributed by atoms with Crippen LogP contribution in [-0.4, -0.2) is 32.5 Å². The second kappa shape index (κ2) is 5.60. The zero-order chi connectivity index (χ0) is 14.3. The molecule has 116 valence electrons. The van der Waals surface area contributed by atoms with E-state index in [0.717, 1.165) is 43.6 Å². The Bertz CT molecular complexity index is 437. The second-order valence-corrected chi connectivity index (χ2v) is 9.62. The lowest BCUT2D eigenvalue weighted by atomic mass is 9.80. The molecule has 0 bridgehead atoms. The molecule has 3 nitrogen and oxygen atoms in total. The molecular weight excluding hydrogens is 270 g/mol. The van der Waals surface area contributed by atoms with Gasteiger partial charge in [0.15, 0.2) is 0 Å². The van der Waals surface area contributed by atoms with E-state index in [-0.39, 0.29) is 5.25 Å². The van der Waals surface area contributed by atoms with Crippen molar-refractivity contribution < 1.29 is 8.42 Å². The molecule has 20 heavy (non-hydrogen) atoms. The summed E-state index contributed by atoms with van der Waals surface area (Å²) in [5.41, 5.74) is 0. The van der Waals surface area contributed by atoms with Crippen molar-refractivity contribution >= 4 is 9.84 Å². The minimum Gasteiger partial charge on any atom is -0.314 e. The van der Waals surface area contributed by atoms with Gasteiger partial charge >= 0.3 is 0 Å². The fourth-order valence-electron chi connectivity index (χ4n) is 5.16. The van der Waals surface area contributed by atoms with Gasteiger partial charge < -0.3 is 5.32 Å². The van der Waals surface area contributed by atoms with Gasteiger partial charge in [-0.25, -0.2) is 8.42 Å². The van der Waals surface area contributed by atoms with Gasteiger partial charge in [0.2, 0.25) is 0 Å². The fraction of sp³-hybridized carbons (Fsp3) is 1.00. The predicted octanol–water partition coefficient (Wildman–Crippen LogP) is 2.61.